The van der Waals surface area contributed by atoms with Gasteiger partial charge in [-0.2, -0.15) is 0 Å². The van der Waals surface area contributed by atoms with Crippen LogP contribution in [0.3, 0.4) is 0 Å². The molecule has 25 heavy (non-hydrogen) atoms. The number of methoxy groups -OCH3 is 1. The van der Waals surface area contributed by atoms with Gasteiger partial charge in [-0.25, -0.2) is 0 Å². The summed E-state index contributed by atoms with van der Waals surface area (Å²) in [4.78, 5) is 11.7. The largest absolute Gasteiger partial charge is 0.485 e. The highest BCUT2D eigenvalue weighted by Gasteiger charge is 2.29. The minimum atomic E-state index is -0.394. The number of benzene rings is 1. The molecule has 2 unspecified atom stereocenters. The predicted molar refractivity (Wildman–Crippen MR) is 92.9 cm³/mol. The summed E-state index contributed by atoms with van der Waals surface area (Å²) in [6.45, 7) is 6.38. The van der Waals surface area contributed by atoms with Crippen LogP contribution in [0.15, 0.2) is 42.1 Å². The van der Waals surface area contributed by atoms with Crippen molar-refractivity contribution in [3.8, 4) is 11.5 Å². The smallest absolute Gasteiger partial charge is 0.318 e. The van der Waals surface area contributed by atoms with E-state index in [4.69, 9.17) is 14.2 Å². The number of allylic oxidation sites excluding steroid dienone is 1. The Bertz CT molecular complexity index is 777. The monoisotopic (exact) mass is 361 g/mol. The molecule has 0 spiro atoms. The molecule has 0 radical (unpaired) electrons. The van der Waals surface area contributed by atoms with Crippen molar-refractivity contribution >= 4 is 17.7 Å². The number of rotatable bonds is 6. The van der Waals surface area contributed by atoms with E-state index < -0.39 is 5.25 Å². The lowest BCUT2D eigenvalue weighted by atomic mass is 10.2. The Morgan fingerprint density at radius 1 is 1.48 bits per heavy atom. The standard InChI is InChI=1S/C17H19N3O4S/c1-4-9-20-15(18-19-17(20)25-11(2)16(21)22-3)14-10-23-12-7-5-6-8-13(12)24-14/h4-8,11,14H,1,9-10H2,2-3H3. The van der Waals surface area contributed by atoms with Crippen LogP contribution in [0.5, 0.6) is 11.5 Å². The zero-order valence-electron chi connectivity index (χ0n) is 14.0. The van der Waals surface area contributed by atoms with Crippen LogP contribution >= 0.6 is 11.8 Å². The number of hydrogen-bond acceptors (Lipinski definition) is 7. The Morgan fingerprint density at radius 2 is 2.24 bits per heavy atom. The highest BCUT2D eigenvalue weighted by atomic mass is 32.2. The topological polar surface area (TPSA) is 75.5 Å². The summed E-state index contributed by atoms with van der Waals surface area (Å²) in [7, 11) is 1.37. The van der Waals surface area contributed by atoms with Crippen LogP contribution in [0.25, 0.3) is 0 Å². The van der Waals surface area contributed by atoms with E-state index in [-0.39, 0.29) is 12.1 Å². The second-order valence-electron chi connectivity index (χ2n) is 5.39. The predicted octanol–water partition coefficient (Wildman–Crippen LogP) is 2.63. The Labute approximate surface area is 150 Å². The van der Waals surface area contributed by atoms with Crippen LogP contribution in [0.2, 0.25) is 0 Å². The summed E-state index contributed by atoms with van der Waals surface area (Å²) in [5, 5.41) is 8.68. The lowest BCUT2D eigenvalue weighted by molar-refractivity contribution is -0.139. The number of fused-ring (bicyclic) bond motifs is 1. The Morgan fingerprint density at radius 3 is 2.96 bits per heavy atom. The minimum absolute atomic E-state index is 0.314. The van der Waals surface area contributed by atoms with Crippen molar-refractivity contribution in [2.45, 2.75) is 30.0 Å². The second kappa shape index (κ2) is 7.60. The molecule has 0 saturated carbocycles. The molecule has 0 bridgehead atoms. The van der Waals surface area contributed by atoms with Crippen molar-refractivity contribution in [2.24, 2.45) is 0 Å². The molecular weight excluding hydrogens is 342 g/mol. The van der Waals surface area contributed by atoms with Gasteiger partial charge in [0.15, 0.2) is 28.6 Å². The first-order valence-corrected chi connectivity index (χ1v) is 8.69. The molecule has 2 atom stereocenters. The maximum atomic E-state index is 11.7. The number of hydrogen-bond donors (Lipinski definition) is 0. The van der Waals surface area contributed by atoms with Gasteiger partial charge in [0.1, 0.15) is 11.9 Å². The fourth-order valence-electron chi connectivity index (χ4n) is 2.45. The van der Waals surface area contributed by atoms with Gasteiger partial charge in [-0.1, -0.05) is 30.0 Å². The number of para-hydroxylation sites is 2. The van der Waals surface area contributed by atoms with Crippen molar-refractivity contribution < 1.29 is 19.0 Å². The van der Waals surface area contributed by atoms with Crippen LogP contribution in [0.4, 0.5) is 0 Å². The highest BCUT2D eigenvalue weighted by molar-refractivity contribution is 8.00. The molecule has 0 amide bonds. The zero-order chi connectivity index (χ0) is 17.8. The SMILES string of the molecule is C=CCn1c(SC(C)C(=O)OC)nnc1C1COc2ccccc2O1. The molecular formula is C17H19N3O4S. The summed E-state index contributed by atoms with van der Waals surface area (Å²) in [6, 6.07) is 7.49. The normalized spacial score (nSPS) is 17.0. The fraction of sp³-hybridized carbons (Fsp3) is 0.353. The maximum absolute atomic E-state index is 11.7. The molecule has 2 aromatic rings. The molecule has 8 heteroatoms. The number of thioether (sulfide) groups is 1. The molecule has 0 saturated heterocycles. The lowest BCUT2D eigenvalue weighted by Gasteiger charge is -2.26. The first-order valence-electron chi connectivity index (χ1n) is 7.81. The first-order chi connectivity index (χ1) is 12.1. The van der Waals surface area contributed by atoms with Gasteiger partial charge in [0.25, 0.3) is 0 Å². The van der Waals surface area contributed by atoms with Crippen LogP contribution in [0.1, 0.15) is 18.9 Å². The van der Waals surface area contributed by atoms with E-state index in [0.717, 1.165) is 0 Å². The quantitative estimate of drug-likeness (QED) is 0.445. The summed E-state index contributed by atoms with van der Waals surface area (Å²) in [5.41, 5.74) is 0. The van der Waals surface area contributed by atoms with Gasteiger partial charge in [-0.05, 0) is 19.1 Å². The van der Waals surface area contributed by atoms with Crippen molar-refractivity contribution in [3.05, 3.63) is 42.7 Å². The van der Waals surface area contributed by atoms with Crippen molar-refractivity contribution in [2.75, 3.05) is 13.7 Å². The molecule has 7 nitrogen and oxygen atoms in total. The fourth-order valence-corrected chi connectivity index (χ4v) is 3.34. The third kappa shape index (κ3) is 3.63. The van der Waals surface area contributed by atoms with Crippen LogP contribution in [-0.4, -0.2) is 39.7 Å². The number of aromatic nitrogens is 3. The van der Waals surface area contributed by atoms with Crippen LogP contribution in [-0.2, 0) is 16.1 Å². The molecule has 3 rings (SSSR count). The van der Waals surface area contributed by atoms with Crippen molar-refractivity contribution in [3.63, 3.8) is 0 Å². The molecule has 0 aliphatic carbocycles. The van der Waals surface area contributed by atoms with Crippen molar-refractivity contribution in [1.82, 2.24) is 14.8 Å². The minimum Gasteiger partial charge on any atom is -0.485 e. The van der Waals surface area contributed by atoms with Gasteiger partial charge in [-0.15, -0.1) is 16.8 Å². The highest BCUT2D eigenvalue weighted by Crippen LogP contribution is 2.36. The third-order valence-electron chi connectivity index (χ3n) is 3.67. The number of esters is 1. The van der Waals surface area contributed by atoms with E-state index in [0.29, 0.717) is 35.6 Å². The van der Waals surface area contributed by atoms with E-state index in [1.807, 2.05) is 28.8 Å². The summed E-state index contributed by atoms with van der Waals surface area (Å²) in [5.74, 6) is 1.70. The summed E-state index contributed by atoms with van der Waals surface area (Å²) < 4.78 is 18.4. The van der Waals surface area contributed by atoms with E-state index in [2.05, 4.69) is 16.8 Å². The summed E-state index contributed by atoms with van der Waals surface area (Å²) in [6.07, 6.45) is 1.36. The number of carbonyl (C=O) groups is 1. The number of nitrogens with zero attached hydrogens (tertiary/aromatic N) is 3. The van der Waals surface area contributed by atoms with Crippen LogP contribution in [0, 0.1) is 0 Å². The Kier molecular flexibility index (Phi) is 5.28. The average Bonchev–Trinajstić information content (AvgIpc) is 3.03. The summed E-state index contributed by atoms with van der Waals surface area (Å²) >= 11 is 1.28. The molecule has 132 valence electrons. The molecule has 0 N–H and O–H groups in total. The third-order valence-corrected chi connectivity index (χ3v) is 4.73. The number of ether oxygens (including phenoxy) is 3. The second-order valence-corrected chi connectivity index (χ2v) is 6.70. The van der Waals surface area contributed by atoms with Gasteiger partial charge in [-0.3, -0.25) is 9.36 Å². The first kappa shape index (κ1) is 17.3. The molecule has 0 fully saturated rings. The number of carbonyl (C=O) groups excluding carboxylic acids is 1. The Balaban J connectivity index is 1.85. The van der Waals surface area contributed by atoms with Gasteiger partial charge in [0.05, 0.1) is 7.11 Å². The van der Waals surface area contributed by atoms with E-state index in [1.165, 1.54) is 18.9 Å². The molecule has 1 aliphatic heterocycles. The van der Waals surface area contributed by atoms with Gasteiger partial charge < -0.3 is 14.2 Å². The molecule has 1 aromatic heterocycles. The van der Waals surface area contributed by atoms with E-state index in [9.17, 15) is 4.79 Å². The van der Waals surface area contributed by atoms with Crippen LogP contribution < -0.4 is 9.47 Å². The van der Waals surface area contributed by atoms with Gasteiger partial charge >= 0.3 is 5.97 Å². The average molecular weight is 361 g/mol. The Hall–Kier alpha value is -2.48. The molecule has 1 aliphatic rings. The van der Waals surface area contributed by atoms with E-state index in [1.54, 1.807) is 13.0 Å². The van der Waals surface area contributed by atoms with E-state index >= 15 is 0 Å². The lowest BCUT2D eigenvalue weighted by Crippen LogP contribution is -2.25. The van der Waals surface area contributed by atoms with Gasteiger partial charge in [0, 0.05) is 6.54 Å². The molecule has 2 heterocycles. The van der Waals surface area contributed by atoms with Gasteiger partial charge in [0.2, 0.25) is 0 Å². The zero-order valence-corrected chi connectivity index (χ0v) is 14.9. The molecule has 1 aromatic carbocycles. The van der Waals surface area contributed by atoms with Crippen molar-refractivity contribution in [1.29, 1.82) is 0 Å². The maximum Gasteiger partial charge on any atom is 0.318 e.